The van der Waals surface area contributed by atoms with Gasteiger partial charge in [0, 0.05) is 30.4 Å². The second kappa shape index (κ2) is 9.83. The second-order valence-corrected chi connectivity index (χ2v) is 9.94. The number of benzene rings is 3. The lowest BCUT2D eigenvalue weighted by Crippen LogP contribution is -2.16. The van der Waals surface area contributed by atoms with Crippen LogP contribution in [-0.2, 0) is 13.2 Å². The number of nitrogens with zero attached hydrogens (tertiary/aromatic N) is 4. The van der Waals surface area contributed by atoms with E-state index in [1.807, 2.05) is 6.07 Å². The molecule has 6 nitrogen and oxygen atoms in total. The predicted molar refractivity (Wildman–Crippen MR) is 140 cm³/mol. The minimum absolute atomic E-state index is 0.0614. The summed E-state index contributed by atoms with van der Waals surface area (Å²) in [5.74, 6) is 0.753. The van der Waals surface area contributed by atoms with Crippen molar-refractivity contribution in [2.24, 2.45) is 13.0 Å². The van der Waals surface area contributed by atoms with E-state index in [9.17, 15) is 17.6 Å². The van der Waals surface area contributed by atoms with Crippen molar-refractivity contribution < 1.29 is 22.0 Å². The first-order valence-corrected chi connectivity index (χ1v) is 12.8. The number of fused-ring (bicyclic) bond motifs is 1. The van der Waals surface area contributed by atoms with Gasteiger partial charge in [-0.05, 0) is 59.9 Å². The first kappa shape index (κ1) is 25.1. The normalized spacial score (nSPS) is 14.1. The fraction of sp³-hybridized carbons (Fsp3) is 0.276. The molecule has 1 aliphatic rings. The van der Waals surface area contributed by atoms with Gasteiger partial charge in [0.15, 0.2) is 11.4 Å². The molecule has 1 fully saturated rings. The molecule has 0 amide bonds. The number of oxazole rings is 1. The Hall–Kier alpha value is -4.21. The zero-order valence-electron chi connectivity index (χ0n) is 21.1. The van der Waals surface area contributed by atoms with Crippen LogP contribution >= 0.6 is 0 Å². The maximum Gasteiger partial charge on any atom is 0.420 e. The maximum atomic E-state index is 14.2. The largest absolute Gasteiger partial charge is 0.435 e. The molecule has 39 heavy (non-hydrogen) atoms. The van der Waals surface area contributed by atoms with Crippen LogP contribution in [0.2, 0.25) is 0 Å². The average molecular weight is 536 g/mol. The van der Waals surface area contributed by atoms with Gasteiger partial charge in [0.25, 0.3) is 0 Å². The van der Waals surface area contributed by atoms with E-state index >= 15 is 0 Å². The number of aryl methyl sites for hydroxylation is 1. The molecule has 5 aromatic rings. The molecular formula is C29H25F4N5O. The van der Waals surface area contributed by atoms with Crippen molar-refractivity contribution in [1.29, 1.82) is 0 Å². The molecule has 3 aromatic carbocycles. The molecule has 0 bridgehead atoms. The van der Waals surface area contributed by atoms with Crippen molar-refractivity contribution in [2.45, 2.75) is 31.9 Å². The molecule has 0 radical (unpaired) electrons. The first-order chi connectivity index (χ1) is 18.8. The monoisotopic (exact) mass is 535 g/mol. The Bertz CT molecular complexity index is 1650. The van der Waals surface area contributed by atoms with Gasteiger partial charge in [-0.15, -0.1) is 10.2 Å². The van der Waals surface area contributed by atoms with E-state index in [-0.39, 0.29) is 17.0 Å². The van der Waals surface area contributed by atoms with Gasteiger partial charge in [0.1, 0.15) is 23.2 Å². The van der Waals surface area contributed by atoms with Crippen LogP contribution in [0.4, 0.5) is 23.2 Å². The molecule has 2 heterocycles. The Labute approximate surface area is 221 Å². The van der Waals surface area contributed by atoms with Gasteiger partial charge in [-0.25, -0.2) is 9.37 Å². The van der Waals surface area contributed by atoms with Gasteiger partial charge in [0.2, 0.25) is 5.89 Å². The molecule has 10 heteroatoms. The lowest BCUT2D eigenvalue weighted by molar-refractivity contribution is -0.136. The molecule has 2 aromatic heterocycles. The van der Waals surface area contributed by atoms with Crippen molar-refractivity contribution in [3.8, 4) is 34.0 Å². The third-order valence-corrected chi connectivity index (χ3v) is 7.26. The van der Waals surface area contributed by atoms with E-state index in [0.717, 1.165) is 12.5 Å². The third kappa shape index (κ3) is 4.98. The Kier molecular flexibility index (Phi) is 6.32. The SMILES string of the molecule is Cn1cnnc1-c1cc(F)ccc1-c1cccc(-c2nc3cc(NCCC4CCC4)cc(C(F)(F)F)c3o2)c1. The van der Waals surface area contributed by atoms with E-state index < -0.39 is 17.6 Å². The number of alkyl halides is 3. The number of hydrogen-bond acceptors (Lipinski definition) is 5. The Morgan fingerprint density at radius 2 is 1.85 bits per heavy atom. The molecule has 0 saturated heterocycles. The smallest absolute Gasteiger partial charge is 0.420 e. The molecule has 1 aliphatic carbocycles. The first-order valence-electron chi connectivity index (χ1n) is 12.8. The summed E-state index contributed by atoms with van der Waals surface area (Å²) in [5.41, 5.74) is 1.70. The molecule has 6 rings (SSSR count). The van der Waals surface area contributed by atoms with Crippen LogP contribution in [0.15, 0.2) is 65.3 Å². The number of rotatable bonds is 7. The molecule has 1 saturated carbocycles. The zero-order chi connectivity index (χ0) is 27.1. The standard InChI is InChI=1S/C29H25F4N5O/c1-38-16-35-37-27(38)23-13-20(30)8-9-22(23)18-6-3-7-19(12-18)28-36-25-15-21(34-11-10-17-4-2-5-17)14-24(26(25)39-28)29(31,32)33/h3,6-9,12-17,34H,2,4-5,10-11H2,1H3. The second-order valence-electron chi connectivity index (χ2n) is 9.94. The molecule has 0 atom stereocenters. The summed E-state index contributed by atoms with van der Waals surface area (Å²) < 4.78 is 63.6. The highest BCUT2D eigenvalue weighted by Gasteiger charge is 2.35. The molecule has 1 N–H and O–H groups in total. The summed E-state index contributed by atoms with van der Waals surface area (Å²) in [4.78, 5) is 4.43. The number of halogens is 4. The van der Waals surface area contributed by atoms with Gasteiger partial charge in [-0.3, -0.25) is 0 Å². The molecular weight excluding hydrogens is 510 g/mol. The highest BCUT2D eigenvalue weighted by atomic mass is 19.4. The number of nitrogens with one attached hydrogen (secondary N) is 1. The summed E-state index contributed by atoms with van der Waals surface area (Å²) in [6, 6.07) is 14.1. The summed E-state index contributed by atoms with van der Waals surface area (Å²) in [6.07, 6.45) is 1.42. The van der Waals surface area contributed by atoms with Crippen molar-refractivity contribution in [3.05, 3.63) is 72.3 Å². The van der Waals surface area contributed by atoms with Gasteiger partial charge < -0.3 is 14.3 Å². The highest BCUT2D eigenvalue weighted by molar-refractivity contribution is 5.86. The van der Waals surface area contributed by atoms with Gasteiger partial charge in [0.05, 0.1) is 0 Å². The van der Waals surface area contributed by atoms with E-state index in [4.69, 9.17) is 4.42 Å². The number of anilines is 1. The lowest BCUT2D eigenvalue weighted by atomic mass is 9.83. The van der Waals surface area contributed by atoms with Gasteiger partial charge >= 0.3 is 6.18 Å². The van der Waals surface area contributed by atoms with Gasteiger partial charge in [-0.2, -0.15) is 13.2 Å². The van der Waals surface area contributed by atoms with E-state index in [1.54, 1.807) is 41.9 Å². The van der Waals surface area contributed by atoms with Gasteiger partial charge in [-0.1, -0.05) is 37.5 Å². The van der Waals surface area contributed by atoms with Crippen molar-refractivity contribution in [2.75, 3.05) is 11.9 Å². The molecule has 0 unspecified atom stereocenters. The van der Waals surface area contributed by atoms with Crippen LogP contribution in [-0.4, -0.2) is 26.3 Å². The average Bonchev–Trinajstić information content (AvgIpc) is 3.50. The molecule has 200 valence electrons. The van der Waals surface area contributed by atoms with E-state index in [0.29, 0.717) is 46.2 Å². The van der Waals surface area contributed by atoms with Crippen LogP contribution in [0, 0.1) is 11.7 Å². The summed E-state index contributed by atoms with van der Waals surface area (Å²) in [7, 11) is 1.76. The quantitative estimate of drug-likeness (QED) is 0.216. The van der Waals surface area contributed by atoms with E-state index in [1.165, 1.54) is 37.7 Å². The number of hydrogen-bond donors (Lipinski definition) is 1. The summed E-state index contributed by atoms with van der Waals surface area (Å²) in [5, 5.41) is 11.1. The minimum atomic E-state index is -4.61. The van der Waals surface area contributed by atoms with E-state index in [2.05, 4.69) is 20.5 Å². The third-order valence-electron chi connectivity index (χ3n) is 7.26. The summed E-state index contributed by atoms with van der Waals surface area (Å²) in [6.45, 7) is 0.603. The molecule has 0 spiro atoms. The Balaban J connectivity index is 1.38. The maximum absolute atomic E-state index is 14.2. The fourth-order valence-corrected chi connectivity index (χ4v) is 4.97. The minimum Gasteiger partial charge on any atom is -0.435 e. The van der Waals surface area contributed by atoms with Crippen LogP contribution in [0.1, 0.15) is 31.2 Å². The fourth-order valence-electron chi connectivity index (χ4n) is 4.97. The van der Waals surface area contributed by atoms with Crippen molar-refractivity contribution in [1.82, 2.24) is 19.7 Å². The van der Waals surface area contributed by atoms with Crippen LogP contribution < -0.4 is 5.32 Å². The Morgan fingerprint density at radius 1 is 1.03 bits per heavy atom. The van der Waals surface area contributed by atoms with Crippen LogP contribution in [0.3, 0.4) is 0 Å². The topological polar surface area (TPSA) is 68.8 Å². The summed E-state index contributed by atoms with van der Waals surface area (Å²) >= 11 is 0. The Morgan fingerprint density at radius 3 is 2.56 bits per heavy atom. The van der Waals surface area contributed by atoms with Crippen molar-refractivity contribution >= 4 is 16.8 Å². The zero-order valence-corrected chi connectivity index (χ0v) is 21.1. The number of aromatic nitrogens is 4. The lowest BCUT2D eigenvalue weighted by Gasteiger charge is -2.25. The van der Waals surface area contributed by atoms with Crippen LogP contribution in [0.25, 0.3) is 45.1 Å². The molecule has 0 aliphatic heterocycles. The predicted octanol–water partition coefficient (Wildman–Crippen LogP) is 7.72. The highest BCUT2D eigenvalue weighted by Crippen LogP contribution is 2.40. The van der Waals surface area contributed by atoms with Crippen LogP contribution in [0.5, 0.6) is 0 Å². The van der Waals surface area contributed by atoms with Crippen molar-refractivity contribution in [3.63, 3.8) is 0 Å².